The normalized spacial score (nSPS) is 11.3. The second-order valence-corrected chi connectivity index (χ2v) is 13.6. The molecule has 4 nitrogen and oxygen atoms in total. The Kier molecular flexibility index (Phi) is 7.22. The van der Waals surface area contributed by atoms with Gasteiger partial charge >= 0.3 is 0 Å². The van der Waals surface area contributed by atoms with Gasteiger partial charge in [0.05, 0.1) is 45.0 Å². The molecule has 10 rings (SSSR count). The molecule has 0 fully saturated rings. The molecule has 0 amide bonds. The lowest BCUT2D eigenvalue weighted by molar-refractivity contribution is 1.16. The van der Waals surface area contributed by atoms with Crippen LogP contribution in [0.2, 0.25) is 0 Å². The third-order valence-electron chi connectivity index (χ3n) is 10.6. The number of rotatable bonds is 5. The SMILES string of the molecule is N#Cc1ccc(-n2c3ccc(-c4ccccc4)cc3c3cc(-c4ccc5c(c4)c4cc(-c6ccccc6)ccc4n5-c4ccccc4)ccc32)c(C#N)c1. The van der Waals surface area contributed by atoms with Gasteiger partial charge in [-0.15, -0.1) is 0 Å². The molecule has 0 saturated heterocycles. The molecule has 0 N–H and O–H groups in total. The predicted octanol–water partition coefficient (Wildman–Crippen LogP) is 12.6. The maximum atomic E-state index is 10.2. The molecule has 4 heteroatoms. The molecule has 0 bridgehead atoms. The summed E-state index contributed by atoms with van der Waals surface area (Å²) in [7, 11) is 0. The van der Waals surface area contributed by atoms with Crippen molar-refractivity contribution in [2.45, 2.75) is 0 Å². The largest absolute Gasteiger partial charge is 0.309 e. The van der Waals surface area contributed by atoms with Gasteiger partial charge in [0.2, 0.25) is 0 Å². The van der Waals surface area contributed by atoms with E-state index in [4.69, 9.17) is 0 Å². The highest BCUT2D eigenvalue weighted by Gasteiger charge is 2.19. The van der Waals surface area contributed by atoms with Crippen molar-refractivity contribution in [3.63, 3.8) is 0 Å². The summed E-state index contributed by atoms with van der Waals surface area (Å²) in [4.78, 5) is 0. The van der Waals surface area contributed by atoms with Gasteiger partial charge < -0.3 is 9.13 Å². The lowest BCUT2D eigenvalue weighted by atomic mass is 9.98. The topological polar surface area (TPSA) is 57.4 Å². The molecule has 2 aromatic heterocycles. The summed E-state index contributed by atoms with van der Waals surface area (Å²) in [5, 5.41) is 24.4. The average molecular weight is 687 g/mol. The highest BCUT2D eigenvalue weighted by Crippen LogP contribution is 2.40. The zero-order valence-corrected chi connectivity index (χ0v) is 29.1. The zero-order valence-electron chi connectivity index (χ0n) is 29.1. The van der Waals surface area contributed by atoms with Crippen LogP contribution in [0.15, 0.2) is 182 Å². The second kappa shape index (κ2) is 12.5. The van der Waals surface area contributed by atoms with Crippen LogP contribution in [0.25, 0.3) is 88.4 Å². The molecule has 250 valence electrons. The summed E-state index contributed by atoms with van der Waals surface area (Å²) >= 11 is 0. The Balaban J connectivity index is 1.21. The van der Waals surface area contributed by atoms with E-state index in [0.29, 0.717) is 11.1 Å². The zero-order chi connectivity index (χ0) is 36.2. The first-order valence-electron chi connectivity index (χ1n) is 18.0. The second-order valence-electron chi connectivity index (χ2n) is 13.6. The Morgan fingerprint density at radius 2 is 0.741 bits per heavy atom. The van der Waals surface area contributed by atoms with Crippen molar-refractivity contribution in [1.82, 2.24) is 9.13 Å². The van der Waals surface area contributed by atoms with Gasteiger partial charge in [-0.25, -0.2) is 0 Å². The number of nitrogens with zero attached hydrogens (tertiary/aromatic N) is 4. The minimum Gasteiger partial charge on any atom is -0.309 e. The molecule has 8 aromatic carbocycles. The van der Waals surface area contributed by atoms with Crippen LogP contribution >= 0.6 is 0 Å². The predicted molar refractivity (Wildman–Crippen MR) is 221 cm³/mol. The number of fused-ring (bicyclic) bond motifs is 6. The van der Waals surface area contributed by atoms with E-state index in [0.717, 1.165) is 66.5 Å². The molecule has 0 spiro atoms. The molecule has 54 heavy (non-hydrogen) atoms. The van der Waals surface area contributed by atoms with Gasteiger partial charge in [-0.05, 0) is 112 Å². The van der Waals surface area contributed by atoms with Crippen molar-refractivity contribution in [2.75, 3.05) is 0 Å². The summed E-state index contributed by atoms with van der Waals surface area (Å²) in [6, 6.07) is 68.1. The number of para-hydroxylation sites is 1. The summed E-state index contributed by atoms with van der Waals surface area (Å²) in [6.07, 6.45) is 0. The van der Waals surface area contributed by atoms with Crippen LogP contribution in [0.4, 0.5) is 0 Å². The molecule has 2 heterocycles. The first-order valence-corrected chi connectivity index (χ1v) is 18.0. The Hall–Kier alpha value is -7.66. The third kappa shape index (κ3) is 4.98. The lowest BCUT2D eigenvalue weighted by Crippen LogP contribution is -1.98. The Labute approximate surface area is 312 Å². The van der Waals surface area contributed by atoms with Gasteiger partial charge in [-0.1, -0.05) is 103 Å². The van der Waals surface area contributed by atoms with Gasteiger partial charge in [-0.2, -0.15) is 10.5 Å². The fraction of sp³-hybridized carbons (Fsp3) is 0. The Bertz CT molecular complexity index is 3160. The first-order chi connectivity index (χ1) is 26.7. The number of aromatic nitrogens is 2. The van der Waals surface area contributed by atoms with Crippen LogP contribution in [0.5, 0.6) is 0 Å². The molecule has 0 saturated carbocycles. The third-order valence-corrected chi connectivity index (χ3v) is 10.6. The van der Waals surface area contributed by atoms with E-state index in [-0.39, 0.29) is 0 Å². The van der Waals surface area contributed by atoms with E-state index in [9.17, 15) is 10.5 Å². The fourth-order valence-corrected chi connectivity index (χ4v) is 8.03. The summed E-state index contributed by atoms with van der Waals surface area (Å²) in [6.45, 7) is 0. The van der Waals surface area contributed by atoms with Crippen LogP contribution in [0.3, 0.4) is 0 Å². The maximum absolute atomic E-state index is 10.2. The average Bonchev–Trinajstić information content (AvgIpc) is 3.75. The van der Waals surface area contributed by atoms with Crippen LogP contribution in [0, 0.1) is 22.7 Å². The summed E-state index contributed by atoms with van der Waals surface area (Å²) in [5.41, 5.74) is 14.0. The van der Waals surface area contributed by atoms with Crippen molar-refractivity contribution in [3.05, 3.63) is 193 Å². The van der Waals surface area contributed by atoms with Gasteiger partial charge in [0.15, 0.2) is 0 Å². The smallest absolute Gasteiger partial charge is 0.101 e. The number of benzene rings is 8. The molecule has 0 unspecified atom stereocenters. The van der Waals surface area contributed by atoms with Gasteiger partial charge in [0.25, 0.3) is 0 Å². The van der Waals surface area contributed by atoms with Crippen LogP contribution in [-0.4, -0.2) is 9.13 Å². The van der Waals surface area contributed by atoms with Crippen molar-refractivity contribution in [2.24, 2.45) is 0 Å². The summed E-state index contributed by atoms with van der Waals surface area (Å²) < 4.78 is 4.51. The quantitative estimate of drug-likeness (QED) is 0.181. The lowest BCUT2D eigenvalue weighted by Gasteiger charge is -2.11. The standard InChI is InChI=1S/C50H30N4/c51-31-33-16-21-46(40(26-33)32-52)54-49-24-18-37(35-12-6-2-7-13-35)28-44(49)45-30-39(20-25-50(45)54)38-19-23-48-43(29-38)42-27-36(34-10-4-1-5-11-34)17-22-47(42)53(48)41-14-8-3-9-15-41/h1-30H. The van der Waals surface area contributed by atoms with Crippen molar-refractivity contribution >= 4 is 43.6 Å². The molecule has 0 aliphatic heterocycles. The molecule has 0 atom stereocenters. The molecular weight excluding hydrogens is 657 g/mol. The number of nitriles is 2. The van der Waals surface area contributed by atoms with E-state index in [1.165, 1.54) is 21.9 Å². The van der Waals surface area contributed by atoms with Crippen molar-refractivity contribution in [3.8, 4) is 56.9 Å². The monoisotopic (exact) mass is 686 g/mol. The van der Waals surface area contributed by atoms with E-state index in [1.54, 1.807) is 12.1 Å². The number of hydrogen-bond donors (Lipinski definition) is 0. The van der Waals surface area contributed by atoms with E-state index in [2.05, 4.69) is 179 Å². The van der Waals surface area contributed by atoms with Crippen LogP contribution in [0.1, 0.15) is 11.1 Å². The van der Waals surface area contributed by atoms with Crippen LogP contribution in [-0.2, 0) is 0 Å². The van der Waals surface area contributed by atoms with Crippen molar-refractivity contribution in [1.29, 1.82) is 10.5 Å². The molecular formula is C50H30N4. The Morgan fingerprint density at radius 3 is 1.17 bits per heavy atom. The minimum absolute atomic E-state index is 0.458. The molecule has 0 aliphatic rings. The molecule has 0 radical (unpaired) electrons. The van der Waals surface area contributed by atoms with Crippen LogP contribution < -0.4 is 0 Å². The highest BCUT2D eigenvalue weighted by molar-refractivity contribution is 6.14. The minimum atomic E-state index is 0.458. The van der Waals surface area contributed by atoms with Gasteiger partial charge in [0, 0.05) is 27.2 Å². The van der Waals surface area contributed by atoms with E-state index in [1.807, 2.05) is 12.1 Å². The Morgan fingerprint density at radius 1 is 0.333 bits per heavy atom. The highest BCUT2D eigenvalue weighted by atomic mass is 15.0. The first kappa shape index (κ1) is 31.1. The summed E-state index contributed by atoms with van der Waals surface area (Å²) in [5.74, 6) is 0. The van der Waals surface area contributed by atoms with E-state index < -0.39 is 0 Å². The molecule has 0 aliphatic carbocycles. The number of hydrogen-bond acceptors (Lipinski definition) is 2. The molecule has 10 aromatic rings. The van der Waals surface area contributed by atoms with Gasteiger partial charge in [-0.3, -0.25) is 0 Å². The van der Waals surface area contributed by atoms with Crippen molar-refractivity contribution < 1.29 is 0 Å². The fourth-order valence-electron chi connectivity index (χ4n) is 8.03. The van der Waals surface area contributed by atoms with Gasteiger partial charge in [0.1, 0.15) is 6.07 Å². The van der Waals surface area contributed by atoms with E-state index >= 15 is 0 Å². The maximum Gasteiger partial charge on any atom is 0.101 e.